The zero-order valence-corrected chi connectivity index (χ0v) is 9.79. The van der Waals surface area contributed by atoms with E-state index < -0.39 is 15.9 Å². The summed E-state index contributed by atoms with van der Waals surface area (Å²) in [6.45, 7) is 3.60. The molecule has 0 aliphatic heterocycles. The van der Waals surface area contributed by atoms with Crippen LogP contribution in [-0.2, 0) is 9.84 Å². The van der Waals surface area contributed by atoms with Crippen molar-refractivity contribution in [2.45, 2.75) is 31.3 Å². The molecule has 0 aliphatic carbocycles. The number of benzene rings is 1. The van der Waals surface area contributed by atoms with Crippen LogP contribution in [0, 0.1) is 6.92 Å². The number of hydrogen-bond acceptors (Lipinski definition) is 3. The molecule has 0 saturated heterocycles. The zero-order valence-electron chi connectivity index (χ0n) is 8.97. The van der Waals surface area contributed by atoms with Gasteiger partial charge >= 0.3 is 0 Å². The molecule has 3 nitrogen and oxygen atoms in total. The van der Waals surface area contributed by atoms with Gasteiger partial charge in [0, 0.05) is 0 Å². The first-order valence-electron chi connectivity index (χ1n) is 4.93. The van der Waals surface area contributed by atoms with Gasteiger partial charge in [-0.25, -0.2) is 8.42 Å². The highest BCUT2D eigenvalue weighted by Gasteiger charge is 2.18. The molecule has 0 radical (unpaired) electrons. The van der Waals surface area contributed by atoms with Crippen molar-refractivity contribution >= 4 is 9.84 Å². The van der Waals surface area contributed by atoms with Crippen LogP contribution in [0.3, 0.4) is 0 Å². The van der Waals surface area contributed by atoms with E-state index in [2.05, 4.69) is 0 Å². The summed E-state index contributed by atoms with van der Waals surface area (Å²) in [5.41, 5.74) is 0.905. The molecule has 0 fully saturated rings. The third kappa shape index (κ3) is 3.32. The number of hydrogen-bond donors (Lipinski definition) is 1. The van der Waals surface area contributed by atoms with Crippen molar-refractivity contribution in [3.63, 3.8) is 0 Å². The lowest BCUT2D eigenvalue weighted by Crippen LogP contribution is -2.20. The van der Waals surface area contributed by atoms with Gasteiger partial charge < -0.3 is 5.11 Å². The van der Waals surface area contributed by atoms with Crippen LogP contribution in [0.5, 0.6) is 0 Å². The van der Waals surface area contributed by atoms with E-state index in [0.29, 0.717) is 6.42 Å². The van der Waals surface area contributed by atoms with E-state index in [1.165, 1.54) is 0 Å². The molecule has 1 aromatic carbocycles. The summed E-state index contributed by atoms with van der Waals surface area (Å²) in [5, 5.41) is 9.34. The lowest BCUT2D eigenvalue weighted by Gasteiger charge is -2.09. The topological polar surface area (TPSA) is 54.4 Å². The lowest BCUT2D eigenvalue weighted by molar-refractivity contribution is 0.193. The van der Waals surface area contributed by atoms with Gasteiger partial charge in [-0.05, 0) is 31.0 Å². The Labute approximate surface area is 90.7 Å². The van der Waals surface area contributed by atoms with Crippen molar-refractivity contribution in [2.75, 3.05) is 5.75 Å². The molecule has 15 heavy (non-hydrogen) atoms. The maximum atomic E-state index is 11.8. The predicted molar refractivity (Wildman–Crippen MR) is 59.5 cm³/mol. The highest BCUT2D eigenvalue weighted by molar-refractivity contribution is 7.91. The van der Waals surface area contributed by atoms with Crippen LogP contribution in [0.1, 0.15) is 18.9 Å². The van der Waals surface area contributed by atoms with Crippen LogP contribution in [0.15, 0.2) is 29.2 Å². The fourth-order valence-corrected chi connectivity index (χ4v) is 2.86. The average molecular weight is 228 g/mol. The van der Waals surface area contributed by atoms with E-state index in [4.69, 9.17) is 0 Å². The van der Waals surface area contributed by atoms with Gasteiger partial charge in [-0.1, -0.05) is 19.1 Å². The quantitative estimate of drug-likeness (QED) is 0.850. The first-order chi connectivity index (χ1) is 6.95. The maximum Gasteiger partial charge on any atom is 0.180 e. The fourth-order valence-electron chi connectivity index (χ4n) is 1.28. The summed E-state index contributed by atoms with van der Waals surface area (Å²) >= 11 is 0. The fraction of sp³-hybridized carbons (Fsp3) is 0.455. The number of aliphatic hydroxyl groups is 1. The summed E-state index contributed by atoms with van der Waals surface area (Å²) in [4.78, 5) is 0.287. The summed E-state index contributed by atoms with van der Waals surface area (Å²) < 4.78 is 23.6. The minimum absolute atomic E-state index is 0.201. The van der Waals surface area contributed by atoms with Crippen molar-refractivity contribution in [2.24, 2.45) is 0 Å². The van der Waals surface area contributed by atoms with Gasteiger partial charge in [0.05, 0.1) is 16.8 Å². The third-order valence-electron chi connectivity index (χ3n) is 2.23. The van der Waals surface area contributed by atoms with Crippen LogP contribution >= 0.6 is 0 Å². The Kier molecular flexibility index (Phi) is 3.88. The molecule has 4 heteroatoms. The molecular weight excluding hydrogens is 212 g/mol. The summed E-state index contributed by atoms with van der Waals surface area (Å²) in [6, 6.07) is 6.73. The smallest absolute Gasteiger partial charge is 0.180 e. The van der Waals surface area contributed by atoms with E-state index in [1.54, 1.807) is 25.1 Å². The molecule has 1 N–H and O–H groups in total. The average Bonchev–Trinajstić information content (AvgIpc) is 2.17. The number of rotatable bonds is 4. The number of sulfone groups is 1. The largest absolute Gasteiger partial charge is 0.392 e. The monoisotopic (exact) mass is 228 g/mol. The van der Waals surface area contributed by atoms with E-state index in [9.17, 15) is 13.5 Å². The van der Waals surface area contributed by atoms with Crippen molar-refractivity contribution in [3.8, 4) is 0 Å². The lowest BCUT2D eigenvalue weighted by atomic mass is 10.2. The first-order valence-corrected chi connectivity index (χ1v) is 6.58. The standard InChI is InChI=1S/C11H16O3S/c1-3-10(12)8-15(13,14)11-6-4-5-9(2)7-11/h4-7,10,12H,3,8H2,1-2H3. The SMILES string of the molecule is CCC(O)CS(=O)(=O)c1cccc(C)c1. The summed E-state index contributed by atoms with van der Waals surface area (Å²) in [6.07, 6.45) is -0.332. The molecule has 0 saturated carbocycles. The Balaban J connectivity index is 2.96. The molecule has 1 unspecified atom stereocenters. The van der Waals surface area contributed by atoms with Crippen LogP contribution in [0.2, 0.25) is 0 Å². The molecule has 84 valence electrons. The number of aliphatic hydroxyl groups excluding tert-OH is 1. The molecule has 0 heterocycles. The Morgan fingerprint density at radius 2 is 2.07 bits per heavy atom. The molecule has 0 spiro atoms. The molecule has 1 rings (SSSR count). The molecule has 1 atom stereocenters. The highest BCUT2D eigenvalue weighted by atomic mass is 32.2. The van der Waals surface area contributed by atoms with Crippen LogP contribution in [0.4, 0.5) is 0 Å². The molecule has 1 aromatic rings. The molecule has 0 amide bonds. The second kappa shape index (κ2) is 4.77. The minimum Gasteiger partial charge on any atom is -0.392 e. The Bertz CT molecular complexity index is 423. The van der Waals surface area contributed by atoms with Gasteiger partial charge in [-0.15, -0.1) is 0 Å². The van der Waals surface area contributed by atoms with Crippen molar-refractivity contribution < 1.29 is 13.5 Å². The van der Waals surface area contributed by atoms with Crippen LogP contribution < -0.4 is 0 Å². The normalized spacial score (nSPS) is 13.8. The Hall–Kier alpha value is -0.870. The highest BCUT2D eigenvalue weighted by Crippen LogP contribution is 2.14. The van der Waals surface area contributed by atoms with Gasteiger partial charge in [-0.3, -0.25) is 0 Å². The van der Waals surface area contributed by atoms with E-state index in [-0.39, 0.29) is 10.6 Å². The second-order valence-corrected chi connectivity index (χ2v) is 5.69. The summed E-state index contributed by atoms with van der Waals surface area (Å²) in [5.74, 6) is -0.201. The second-order valence-electron chi connectivity index (χ2n) is 3.66. The molecule has 0 aromatic heterocycles. The third-order valence-corrected chi connectivity index (χ3v) is 4.03. The van der Waals surface area contributed by atoms with Gasteiger partial charge in [0.15, 0.2) is 9.84 Å². The predicted octanol–water partition coefficient (Wildman–Crippen LogP) is 1.54. The number of aryl methyl sites for hydroxylation is 1. The van der Waals surface area contributed by atoms with E-state index in [0.717, 1.165) is 5.56 Å². The Morgan fingerprint density at radius 1 is 1.40 bits per heavy atom. The van der Waals surface area contributed by atoms with Crippen LogP contribution in [0.25, 0.3) is 0 Å². The van der Waals surface area contributed by atoms with Gasteiger partial charge in [0.2, 0.25) is 0 Å². The Morgan fingerprint density at radius 3 is 2.60 bits per heavy atom. The molecular formula is C11H16O3S. The first kappa shape index (κ1) is 12.2. The van der Waals surface area contributed by atoms with Crippen molar-refractivity contribution in [3.05, 3.63) is 29.8 Å². The van der Waals surface area contributed by atoms with Gasteiger partial charge in [0.1, 0.15) is 0 Å². The molecule has 0 aliphatic rings. The molecule has 0 bridgehead atoms. The minimum atomic E-state index is -3.34. The maximum absolute atomic E-state index is 11.8. The van der Waals surface area contributed by atoms with E-state index >= 15 is 0 Å². The van der Waals surface area contributed by atoms with Gasteiger partial charge in [-0.2, -0.15) is 0 Å². The van der Waals surface area contributed by atoms with Crippen molar-refractivity contribution in [1.82, 2.24) is 0 Å². The van der Waals surface area contributed by atoms with Crippen LogP contribution in [-0.4, -0.2) is 25.4 Å². The van der Waals surface area contributed by atoms with Crippen molar-refractivity contribution in [1.29, 1.82) is 0 Å². The zero-order chi connectivity index (χ0) is 11.5. The van der Waals surface area contributed by atoms with E-state index in [1.807, 2.05) is 13.0 Å². The summed E-state index contributed by atoms with van der Waals surface area (Å²) in [7, 11) is -3.34. The van der Waals surface area contributed by atoms with Gasteiger partial charge in [0.25, 0.3) is 0 Å².